The third-order valence-electron chi connectivity index (χ3n) is 4.91. The summed E-state index contributed by atoms with van der Waals surface area (Å²) in [6, 6.07) is 8.61. The van der Waals surface area contributed by atoms with Gasteiger partial charge in [-0.3, -0.25) is 5.10 Å². The molecule has 0 spiro atoms. The molecule has 0 amide bonds. The van der Waals surface area contributed by atoms with Crippen LogP contribution in [0.4, 0.5) is 0 Å². The molecular weight excluding hydrogens is 260 g/mol. The lowest BCUT2D eigenvalue weighted by molar-refractivity contribution is 0.584. The predicted molar refractivity (Wildman–Crippen MR) is 81.4 cm³/mol. The fourth-order valence-electron chi connectivity index (χ4n) is 3.66. The molecule has 106 valence electrons. The largest absolute Gasteiger partial charge is 0.358 e. The molecule has 2 heterocycles. The summed E-state index contributed by atoms with van der Waals surface area (Å²) in [5.74, 6) is 3.03. The minimum atomic E-state index is 0.348. The molecule has 5 rings (SSSR count). The van der Waals surface area contributed by atoms with Crippen LogP contribution in [0.5, 0.6) is 0 Å². The first-order valence-corrected chi connectivity index (χ1v) is 7.92. The van der Waals surface area contributed by atoms with E-state index >= 15 is 0 Å². The third-order valence-corrected chi connectivity index (χ3v) is 4.91. The molecule has 1 atom stereocenters. The molecule has 0 unspecified atom stereocenters. The van der Waals surface area contributed by atoms with Crippen molar-refractivity contribution in [2.75, 3.05) is 0 Å². The standard InChI is InChI=1S/C17H18N4/c1-2-7-14-11(4-1)12-5-3-6-13(15(12)18-14)17-19-16(20-21-17)10-8-9-10/h1-2,4,7,10,13,18H,3,5-6,8-9H2,(H,19,20,21)/t13-/m0/s1. The van der Waals surface area contributed by atoms with Crippen molar-refractivity contribution in [3.63, 3.8) is 0 Å². The van der Waals surface area contributed by atoms with Crippen molar-refractivity contribution in [3.8, 4) is 0 Å². The number of hydrogen-bond acceptors (Lipinski definition) is 2. The zero-order valence-corrected chi connectivity index (χ0v) is 11.9. The predicted octanol–water partition coefficient (Wildman–Crippen LogP) is 3.63. The number of aromatic nitrogens is 4. The van der Waals surface area contributed by atoms with Crippen LogP contribution in [-0.4, -0.2) is 20.2 Å². The highest BCUT2D eigenvalue weighted by Crippen LogP contribution is 2.41. The highest BCUT2D eigenvalue weighted by atomic mass is 15.2. The van der Waals surface area contributed by atoms with Gasteiger partial charge in [0.15, 0.2) is 5.82 Å². The molecule has 2 aromatic heterocycles. The first kappa shape index (κ1) is 11.5. The first-order chi connectivity index (χ1) is 10.4. The zero-order valence-electron chi connectivity index (χ0n) is 11.9. The van der Waals surface area contributed by atoms with Gasteiger partial charge >= 0.3 is 0 Å². The normalized spacial score (nSPS) is 21.6. The minimum Gasteiger partial charge on any atom is -0.358 e. The summed E-state index contributed by atoms with van der Waals surface area (Å²) in [4.78, 5) is 8.41. The van der Waals surface area contributed by atoms with E-state index in [1.54, 1.807) is 0 Å². The monoisotopic (exact) mass is 278 g/mol. The van der Waals surface area contributed by atoms with E-state index in [1.807, 2.05) is 0 Å². The summed E-state index contributed by atoms with van der Waals surface area (Å²) in [6.07, 6.45) is 6.04. The average Bonchev–Trinajstić information content (AvgIpc) is 3.13. The van der Waals surface area contributed by atoms with Gasteiger partial charge < -0.3 is 4.98 Å². The Morgan fingerprint density at radius 3 is 2.90 bits per heavy atom. The Morgan fingerprint density at radius 2 is 2.00 bits per heavy atom. The number of aromatic amines is 2. The van der Waals surface area contributed by atoms with Crippen LogP contribution in [0.2, 0.25) is 0 Å². The second-order valence-electron chi connectivity index (χ2n) is 6.36. The summed E-state index contributed by atoms with van der Waals surface area (Å²) in [5, 5.41) is 9.01. The molecule has 2 N–H and O–H groups in total. The van der Waals surface area contributed by atoms with Crippen molar-refractivity contribution in [1.82, 2.24) is 20.2 Å². The maximum Gasteiger partial charge on any atom is 0.153 e. The van der Waals surface area contributed by atoms with E-state index in [2.05, 4.69) is 39.4 Å². The van der Waals surface area contributed by atoms with Crippen molar-refractivity contribution in [2.45, 2.75) is 43.9 Å². The molecule has 1 fully saturated rings. The molecule has 3 aromatic rings. The van der Waals surface area contributed by atoms with Crippen molar-refractivity contribution >= 4 is 10.9 Å². The second kappa shape index (κ2) is 4.20. The Balaban J connectivity index is 1.62. The summed E-state index contributed by atoms with van der Waals surface area (Å²) >= 11 is 0. The number of nitrogens with zero attached hydrogens (tertiary/aromatic N) is 2. The van der Waals surface area contributed by atoms with Gasteiger partial charge in [-0.1, -0.05) is 18.2 Å². The Kier molecular flexibility index (Phi) is 2.31. The minimum absolute atomic E-state index is 0.348. The van der Waals surface area contributed by atoms with Gasteiger partial charge in [0, 0.05) is 22.5 Å². The molecule has 0 saturated heterocycles. The SMILES string of the molecule is c1ccc2c3c([nH]c2c1)[C@@H](c1nc(C2CC2)n[nH]1)CCC3. The number of nitrogens with one attached hydrogen (secondary N) is 2. The molecule has 2 aliphatic carbocycles. The maximum atomic E-state index is 4.78. The van der Waals surface area contributed by atoms with Gasteiger partial charge in [-0.2, -0.15) is 5.10 Å². The number of benzene rings is 1. The number of H-pyrrole nitrogens is 2. The smallest absolute Gasteiger partial charge is 0.153 e. The van der Waals surface area contributed by atoms with Crippen molar-refractivity contribution in [3.05, 3.63) is 47.2 Å². The van der Waals surface area contributed by atoms with E-state index in [0.717, 1.165) is 18.1 Å². The molecule has 1 aromatic carbocycles. The van der Waals surface area contributed by atoms with Crippen LogP contribution in [0.3, 0.4) is 0 Å². The first-order valence-electron chi connectivity index (χ1n) is 7.92. The van der Waals surface area contributed by atoms with E-state index in [0.29, 0.717) is 11.8 Å². The van der Waals surface area contributed by atoms with Crippen molar-refractivity contribution < 1.29 is 0 Å². The lowest BCUT2D eigenvalue weighted by Crippen LogP contribution is -2.12. The molecule has 0 bridgehead atoms. The van der Waals surface area contributed by atoms with Crippen molar-refractivity contribution in [2.24, 2.45) is 0 Å². The molecule has 4 nitrogen and oxygen atoms in total. The van der Waals surface area contributed by atoms with Crippen LogP contribution in [0.1, 0.15) is 60.4 Å². The number of rotatable bonds is 2. The number of fused-ring (bicyclic) bond motifs is 3. The van der Waals surface area contributed by atoms with Crippen molar-refractivity contribution in [1.29, 1.82) is 0 Å². The van der Waals surface area contributed by atoms with Crippen LogP contribution in [0, 0.1) is 0 Å². The van der Waals surface area contributed by atoms with Gasteiger partial charge in [0.1, 0.15) is 5.82 Å². The highest BCUT2D eigenvalue weighted by molar-refractivity contribution is 5.85. The number of aryl methyl sites for hydroxylation is 1. The molecule has 0 radical (unpaired) electrons. The van der Waals surface area contributed by atoms with E-state index in [4.69, 9.17) is 4.98 Å². The summed E-state index contributed by atoms with van der Waals surface area (Å²) in [5.41, 5.74) is 4.07. The number of hydrogen-bond donors (Lipinski definition) is 2. The maximum absolute atomic E-state index is 4.78. The lowest BCUT2D eigenvalue weighted by atomic mass is 9.86. The lowest BCUT2D eigenvalue weighted by Gasteiger charge is -2.20. The topological polar surface area (TPSA) is 57.4 Å². The van der Waals surface area contributed by atoms with Gasteiger partial charge in [0.25, 0.3) is 0 Å². The van der Waals surface area contributed by atoms with E-state index < -0.39 is 0 Å². The van der Waals surface area contributed by atoms with Gasteiger partial charge in [0.05, 0.1) is 5.92 Å². The van der Waals surface area contributed by atoms with Gasteiger partial charge in [-0.05, 0) is 43.7 Å². The Hall–Kier alpha value is -2.10. The summed E-state index contributed by atoms with van der Waals surface area (Å²) < 4.78 is 0. The van der Waals surface area contributed by atoms with E-state index in [-0.39, 0.29) is 0 Å². The Bertz CT molecular complexity index is 809. The Morgan fingerprint density at radius 1 is 1.10 bits per heavy atom. The quantitative estimate of drug-likeness (QED) is 0.752. The Labute approximate surface area is 123 Å². The third kappa shape index (κ3) is 1.75. The molecule has 2 aliphatic rings. The van der Waals surface area contributed by atoms with Crippen LogP contribution in [0.15, 0.2) is 24.3 Å². The average molecular weight is 278 g/mol. The second-order valence-corrected chi connectivity index (χ2v) is 6.36. The van der Waals surface area contributed by atoms with Gasteiger partial charge in [0.2, 0.25) is 0 Å². The molecular formula is C17H18N4. The highest BCUT2D eigenvalue weighted by Gasteiger charge is 2.31. The molecule has 1 saturated carbocycles. The fourth-order valence-corrected chi connectivity index (χ4v) is 3.66. The van der Waals surface area contributed by atoms with Crippen LogP contribution < -0.4 is 0 Å². The van der Waals surface area contributed by atoms with Crippen LogP contribution >= 0.6 is 0 Å². The molecule has 4 heteroatoms. The number of para-hydroxylation sites is 1. The fraction of sp³-hybridized carbons (Fsp3) is 0.412. The zero-order chi connectivity index (χ0) is 13.8. The molecule has 0 aliphatic heterocycles. The molecule has 21 heavy (non-hydrogen) atoms. The van der Waals surface area contributed by atoms with Crippen LogP contribution in [0.25, 0.3) is 10.9 Å². The van der Waals surface area contributed by atoms with E-state index in [9.17, 15) is 0 Å². The van der Waals surface area contributed by atoms with Gasteiger partial charge in [-0.25, -0.2) is 4.98 Å². The summed E-state index contributed by atoms with van der Waals surface area (Å²) in [7, 11) is 0. The van der Waals surface area contributed by atoms with Crippen LogP contribution in [-0.2, 0) is 6.42 Å². The van der Waals surface area contributed by atoms with E-state index in [1.165, 1.54) is 47.8 Å². The van der Waals surface area contributed by atoms with Gasteiger partial charge in [-0.15, -0.1) is 0 Å². The summed E-state index contributed by atoms with van der Waals surface area (Å²) in [6.45, 7) is 0.